The summed E-state index contributed by atoms with van der Waals surface area (Å²) in [5.74, 6) is 0.310. The van der Waals surface area contributed by atoms with E-state index in [0.717, 1.165) is 0 Å². The van der Waals surface area contributed by atoms with Gasteiger partial charge in [-0.1, -0.05) is 0 Å². The van der Waals surface area contributed by atoms with Crippen LogP contribution in [0.2, 0.25) is 0 Å². The van der Waals surface area contributed by atoms with E-state index in [-0.39, 0.29) is 12.5 Å². The second-order valence-corrected chi connectivity index (χ2v) is 3.92. The Morgan fingerprint density at radius 1 is 1.35 bits per heavy atom. The first-order chi connectivity index (χ1) is 9.81. The van der Waals surface area contributed by atoms with Crippen LogP contribution >= 0.6 is 0 Å². The maximum Gasteiger partial charge on any atom is 0.250 e. The molecule has 0 aromatic carbocycles. The molecule has 106 valence electrons. The van der Waals surface area contributed by atoms with Crippen molar-refractivity contribution in [3.05, 3.63) is 36.8 Å². The number of methoxy groups -OCH3 is 1. The van der Waals surface area contributed by atoms with E-state index in [1.54, 1.807) is 48.6 Å². The molecule has 1 amide bonds. The molecule has 0 aliphatic heterocycles. The van der Waals surface area contributed by atoms with Crippen molar-refractivity contribution in [1.29, 1.82) is 0 Å². The average molecular weight is 276 g/mol. The number of rotatable bonds is 7. The van der Waals surface area contributed by atoms with Crippen molar-refractivity contribution in [2.45, 2.75) is 0 Å². The van der Waals surface area contributed by atoms with Crippen molar-refractivity contribution < 1.29 is 14.3 Å². The number of hydrogen-bond donors (Lipinski definition) is 1. The van der Waals surface area contributed by atoms with Crippen LogP contribution in [-0.2, 0) is 14.3 Å². The minimum absolute atomic E-state index is 0.0310. The second-order valence-electron chi connectivity index (χ2n) is 3.92. The standard InChI is InChI=1S/C13H16N4O3/c1-19-8-9-20-10-12(18)16-11-4-2-5-14-13(11)17-7-3-6-15-17/h2-7H,8-10H2,1H3,(H,16,18). The Balaban J connectivity index is 1.97. The van der Waals surface area contributed by atoms with Crippen LogP contribution in [0, 0.1) is 0 Å². The number of amides is 1. The largest absolute Gasteiger partial charge is 0.382 e. The molecule has 7 heteroatoms. The highest BCUT2D eigenvalue weighted by Crippen LogP contribution is 2.15. The molecule has 2 aromatic heterocycles. The van der Waals surface area contributed by atoms with Crippen LogP contribution in [0.15, 0.2) is 36.8 Å². The fourth-order valence-electron chi connectivity index (χ4n) is 1.56. The molecule has 0 atom stereocenters. The average Bonchev–Trinajstić information content (AvgIpc) is 2.98. The van der Waals surface area contributed by atoms with Gasteiger partial charge < -0.3 is 14.8 Å². The van der Waals surface area contributed by atoms with Crippen LogP contribution in [0.25, 0.3) is 5.82 Å². The van der Waals surface area contributed by atoms with Crippen molar-refractivity contribution in [3.8, 4) is 5.82 Å². The summed E-state index contributed by atoms with van der Waals surface area (Å²) in [5.41, 5.74) is 0.580. The van der Waals surface area contributed by atoms with Gasteiger partial charge >= 0.3 is 0 Å². The zero-order chi connectivity index (χ0) is 14.2. The Morgan fingerprint density at radius 2 is 2.25 bits per heavy atom. The highest BCUT2D eigenvalue weighted by Gasteiger charge is 2.09. The third-order valence-corrected chi connectivity index (χ3v) is 2.45. The van der Waals surface area contributed by atoms with E-state index in [1.807, 2.05) is 0 Å². The quantitative estimate of drug-likeness (QED) is 0.759. The van der Waals surface area contributed by atoms with Crippen LogP contribution in [0.5, 0.6) is 0 Å². The number of nitrogens with one attached hydrogen (secondary N) is 1. The normalized spacial score (nSPS) is 10.4. The first kappa shape index (κ1) is 14.2. The molecular formula is C13H16N4O3. The molecule has 0 fully saturated rings. The summed E-state index contributed by atoms with van der Waals surface area (Å²) in [7, 11) is 1.58. The second kappa shape index (κ2) is 7.37. The van der Waals surface area contributed by atoms with E-state index >= 15 is 0 Å². The van der Waals surface area contributed by atoms with Crippen LogP contribution in [-0.4, -0.2) is 47.6 Å². The van der Waals surface area contributed by atoms with Gasteiger partial charge in [-0.25, -0.2) is 9.67 Å². The molecule has 2 heterocycles. The minimum Gasteiger partial charge on any atom is -0.382 e. The predicted octanol–water partition coefficient (Wildman–Crippen LogP) is 0.869. The number of anilines is 1. The molecule has 2 rings (SSSR count). The first-order valence-corrected chi connectivity index (χ1v) is 6.13. The van der Waals surface area contributed by atoms with Gasteiger partial charge in [-0.05, 0) is 18.2 Å². The molecule has 1 N–H and O–H groups in total. The van der Waals surface area contributed by atoms with Crippen LogP contribution in [0.4, 0.5) is 5.69 Å². The van der Waals surface area contributed by atoms with Crippen LogP contribution in [0.3, 0.4) is 0 Å². The molecule has 0 spiro atoms. The molecule has 0 radical (unpaired) electrons. The number of ether oxygens (including phenoxy) is 2. The molecule has 20 heavy (non-hydrogen) atoms. The maximum absolute atomic E-state index is 11.8. The monoisotopic (exact) mass is 276 g/mol. The summed E-state index contributed by atoms with van der Waals surface area (Å²) in [6, 6.07) is 5.29. The molecule has 0 bridgehead atoms. The molecule has 7 nitrogen and oxygen atoms in total. The fourth-order valence-corrected chi connectivity index (χ4v) is 1.56. The minimum atomic E-state index is -0.248. The fraction of sp³-hybridized carbons (Fsp3) is 0.308. The highest BCUT2D eigenvalue weighted by molar-refractivity contribution is 5.93. The summed E-state index contributed by atoms with van der Waals surface area (Å²) >= 11 is 0. The van der Waals surface area contributed by atoms with Gasteiger partial charge in [-0.15, -0.1) is 0 Å². The smallest absolute Gasteiger partial charge is 0.250 e. The first-order valence-electron chi connectivity index (χ1n) is 6.13. The molecule has 0 saturated carbocycles. The summed E-state index contributed by atoms with van der Waals surface area (Å²) in [6.07, 6.45) is 5.04. The number of pyridine rings is 1. The predicted molar refractivity (Wildman–Crippen MR) is 72.7 cm³/mol. The van der Waals surface area contributed by atoms with Crippen molar-refractivity contribution >= 4 is 11.6 Å². The lowest BCUT2D eigenvalue weighted by atomic mass is 10.3. The van der Waals surface area contributed by atoms with E-state index in [2.05, 4.69) is 15.4 Å². The highest BCUT2D eigenvalue weighted by atomic mass is 16.5. The maximum atomic E-state index is 11.8. The summed E-state index contributed by atoms with van der Waals surface area (Å²) in [4.78, 5) is 16.0. The van der Waals surface area contributed by atoms with Gasteiger partial charge in [0, 0.05) is 25.7 Å². The van der Waals surface area contributed by atoms with Crippen molar-refractivity contribution in [2.24, 2.45) is 0 Å². The number of nitrogens with zero attached hydrogens (tertiary/aromatic N) is 3. The van der Waals surface area contributed by atoms with E-state index < -0.39 is 0 Å². The Bertz CT molecular complexity index is 542. The molecule has 0 saturated heterocycles. The lowest BCUT2D eigenvalue weighted by Gasteiger charge is -2.10. The molecular weight excluding hydrogens is 260 g/mol. The zero-order valence-corrected chi connectivity index (χ0v) is 11.2. The zero-order valence-electron chi connectivity index (χ0n) is 11.2. The van der Waals surface area contributed by atoms with Gasteiger partial charge in [0.2, 0.25) is 5.91 Å². The topological polar surface area (TPSA) is 78.3 Å². The molecule has 2 aromatic rings. The van der Waals surface area contributed by atoms with E-state index in [0.29, 0.717) is 24.7 Å². The van der Waals surface area contributed by atoms with Gasteiger partial charge in [0.05, 0.1) is 18.9 Å². The summed E-state index contributed by atoms with van der Waals surface area (Å²) in [5, 5.41) is 6.84. The summed E-state index contributed by atoms with van der Waals surface area (Å²) in [6.45, 7) is 0.804. The van der Waals surface area contributed by atoms with E-state index in [4.69, 9.17) is 9.47 Å². The Kier molecular flexibility index (Phi) is 5.22. The van der Waals surface area contributed by atoms with Crippen LogP contribution < -0.4 is 5.32 Å². The summed E-state index contributed by atoms with van der Waals surface area (Å²) < 4.78 is 11.6. The molecule has 0 aliphatic rings. The van der Waals surface area contributed by atoms with Gasteiger partial charge in [-0.3, -0.25) is 4.79 Å². The Labute approximate surface area is 116 Å². The van der Waals surface area contributed by atoms with Crippen molar-refractivity contribution in [2.75, 3.05) is 32.2 Å². The third-order valence-electron chi connectivity index (χ3n) is 2.45. The lowest BCUT2D eigenvalue weighted by molar-refractivity contribution is -0.121. The van der Waals surface area contributed by atoms with Crippen molar-refractivity contribution in [1.82, 2.24) is 14.8 Å². The Hall–Kier alpha value is -2.25. The van der Waals surface area contributed by atoms with Gasteiger partial charge in [0.1, 0.15) is 6.61 Å². The van der Waals surface area contributed by atoms with Crippen molar-refractivity contribution in [3.63, 3.8) is 0 Å². The van der Waals surface area contributed by atoms with E-state index in [1.165, 1.54) is 0 Å². The van der Waals surface area contributed by atoms with Gasteiger partial charge in [0.25, 0.3) is 0 Å². The van der Waals surface area contributed by atoms with Gasteiger partial charge in [-0.2, -0.15) is 5.10 Å². The third kappa shape index (κ3) is 3.87. The molecule has 0 unspecified atom stereocenters. The molecule has 0 aliphatic carbocycles. The number of carbonyl (C=O) groups is 1. The van der Waals surface area contributed by atoms with Gasteiger partial charge in [0.15, 0.2) is 5.82 Å². The van der Waals surface area contributed by atoms with Crippen LogP contribution in [0.1, 0.15) is 0 Å². The lowest BCUT2D eigenvalue weighted by Crippen LogP contribution is -2.21. The number of aromatic nitrogens is 3. The number of carbonyl (C=O) groups excluding carboxylic acids is 1. The Morgan fingerprint density at radius 3 is 3.00 bits per heavy atom. The SMILES string of the molecule is COCCOCC(=O)Nc1cccnc1-n1cccn1. The van der Waals surface area contributed by atoms with E-state index in [9.17, 15) is 4.79 Å². The number of hydrogen-bond acceptors (Lipinski definition) is 5.